The highest BCUT2D eigenvalue weighted by Crippen LogP contribution is 2.44. The summed E-state index contributed by atoms with van der Waals surface area (Å²) < 4.78 is 31.4. The van der Waals surface area contributed by atoms with Crippen LogP contribution >= 0.6 is 15.9 Å². The van der Waals surface area contributed by atoms with Crippen molar-refractivity contribution in [1.29, 1.82) is 0 Å². The minimum absolute atomic E-state index is 0.148. The zero-order valence-corrected chi connectivity index (χ0v) is 11.0. The number of hydrogen-bond donors (Lipinski definition) is 0. The number of rotatable bonds is 2. The minimum atomic E-state index is -3.10. The maximum atomic E-state index is 13.2. The Morgan fingerprint density at radius 1 is 1.50 bits per heavy atom. The highest BCUT2D eigenvalue weighted by Gasteiger charge is 2.59. The van der Waals surface area contributed by atoms with Crippen molar-refractivity contribution in [2.45, 2.75) is 12.8 Å². The molecule has 96 valence electrons. The van der Waals surface area contributed by atoms with Gasteiger partial charge in [-0.2, -0.15) is 0 Å². The van der Waals surface area contributed by atoms with E-state index >= 15 is 0 Å². The van der Waals surface area contributed by atoms with E-state index in [-0.39, 0.29) is 12.0 Å². The molecular weight excluding hydrogens is 310 g/mol. The lowest BCUT2D eigenvalue weighted by atomic mass is 9.84. The van der Waals surface area contributed by atoms with Crippen LogP contribution in [0.25, 0.3) is 0 Å². The van der Waals surface area contributed by atoms with Crippen molar-refractivity contribution in [3.05, 3.63) is 33.8 Å². The molecule has 6 heteroatoms. The minimum Gasteiger partial charge on any atom is -0.468 e. The van der Waals surface area contributed by atoms with Crippen molar-refractivity contribution in [2.75, 3.05) is 7.11 Å². The van der Waals surface area contributed by atoms with Crippen molar-refractivity contribution in [1.82, 2.24) is 0 Å². The number of carbonyl (C=O) groups excluding carboxylic acids is 2. The van der Waals surface area contributed by atoms with Crippen LogP contribution in [0.15, 0.2) is 22.7 Å². The molecule has 0 spiro atoms. The maximum absolute atomic E-state index is 13.2. The van der Waals surface area contributed by atoms with Gasteiger partial charge in [-0.05, 0) is 11.6 Å². The van der Waals surface area contributed by atoms with Gasteiger partial charge in [-0.25, -0.2) is 8.78 Å². The van der Waals surface area contributed by atoms with Gasteiger partial charge in [0, 0.05) is 16.5 Å². The predicted octanol–water partition coefficient (Wildman–Crippen LogP) is 2.61. The molecule has 2 rings (SSSR count). The van der Waals surface area contributed by atoms with Gasteiger partial charge in [0.1, 0.15) is 0 Å². The number of esters is 1. The van der Waals surface area contributed by atoms with Crippen LogP contribution in [0.2, 0.25) is 0 Å². The first-order chi connectivity index (χ1) is 8.45. The molecule has 0 aromatic heterocycles. The average molecular weight is 319 g/mol. The van der Waals surface area contributed by atoms with Gasteiger partial charge in [0.15, 0.2) is 11.2 Å². The van der Waals surface area contributed by atoms with Crippen LogP contribution in [0.3, 0.4) is 0 Å². The molecule has 1 aliphatic rings. The number of ketones is 1. The summed E-state index contributed by atoms with van der Waals surface area (Å²) in [7, 11) is 0.998. The van der Waals surface area contributed by atoms with Crippen molar-refractivity contribution in [2.24, 2.45) is 5.41 Å². The second kappa shape index (κ2) is 4.42. The summed E-state index contributed by atoms with van der Waals surface area (Å²) in [5.41, 5.74) is -1.83. The Bertz CT molecular complexity index is 530. The Morgan fingerprint density at radius 3 is 2.67 bits per heavy atom. The zero-order chi connectivity index (χ0) is 13.5. The van der Waals surface area contributed by atoms with Crippen LogP contribution in [0.4, 0.5) is 8.78 Å². The lowest BCUT2D eigenvalue weighted by Crippen LogP contribution is -2.44. The van der Waals surface area contributed by atoms with Crippen molar-refractivity contribution in [3.8, 4) is 0 Å². The number of fused-ring (bicyclic) bond motifs is 1. The summed E-state index contributed by atoms with van der Waals surface area (Å²) in [6.45, 7) is 0. The highest BCUT2D eigenvalue weighted by molar-refractivity contribution is 9.10. The quantitative estimate of drug-likeness (QED) is 0.622. The summed E-state index contributed by atoms with van der Waals surface area (Å²) in [5, 5.41) is 0. The molecule has 1 aromatic rings. The Kier molecular flexibility index (Phi) is 3.23. The SMILES string of the molecule is COC(=O)C1(C(F)F)Cc2c(Br)cccc2C1=O. The number of ether oxygens (including phenoxy) is 1. The third-order valence-electron chi connectivity index (χ3n) is 3.15. The smallest absolute Gasteiger partial charge is 0.326 e. The van der Waals surface area contributed by atoms with E-state index in [1.54, 1.807) is 12.1 Å². The molecule has 0 aliphatic heterocycles. The van der Waals surface area contributed by atoms with E-state index in [1.165, 1.54) is 6.07 Å². The fourth-order valence-corrected chi connectivity index (χ4v) is 2.67. The van der Waals surface area contributed by atoms with Crippen molar-refractivity contribution in [3.63, 3.8) is 0 Å². The molecule has 0 saturated heterocycles. The van der Waals surface area contributed by atoms with E-state index in [9.17, 15) is 18.4 Å². The number of hydrogen-bond acceptors (Lipinski definition) is 3. The van der Waals surface area contributed by atoms with Crippen LogP contribution in [-0.4, -0.2) is 25.3 Å². The van der Waals surface area contributed by atoms with Gasteiger partial charge in [-0.15, -0.1) is 0 Å². The third-order valence-corrected chi connectivity index (χ3v) is 3.89. The van der Waals surface area contributed by atoms with Gasteiger partial charge < -0.3 is 4.74 Å². The number of benzene rings is 1. The molecule has 18 heavy (non-hydrogen) atoms. The van der Waals surface area contributed by atoms with Crippen LogP contribution in [0, 0.1) is 5.41 Å². The summed E-state index contributed by atoms with van der Waals surface area (Å²) in [4.78, 5) is 23.7. The highest BCUT2D eigenvalue weighted by atomic mass is 79.9. The normalized spacial score (nSPS) is 22.2. The number of alkyl halides is 2. The lowest BCUT2D eigenvalue weighted by molar-refractivity contribution is -0.157. The van der Waals surface area contributed by atoms with Crippen LogP contribution < -0.4 is 0 Å². The fraction of sp³-hybridized carbons (Fsp3) is 0.333. The van der Waals surface area contributed by atoms with E-state index in [0.29, 0.717) is 10.0 Å². The molecule has 3 nitrogen and oxygen atoms in total. The average Bonchev–Trinajstić information content (AvgIpc) is 2.65. The number of Topliss-reactive ketones (excluding diaryl/α,β-unsaturated/α-hetero) is 1. The Morgan fingerprint density at radius 2 is 2.17 bits per heavy atom. The summed E-state index contributed by atoms with van der Waals surface area (Å²) in [5.74, 6) is -2.06. The van der Waals surface area contributed by atoms with Gasteiger partial charge in [0.2, 0.25) is 0 Å². The van der Waals surface area contributed by atoms with Crippen LogP contribution in [0.5, 0.6) is 0 Å². The molecule has 0 fully saturated rings. The third kappa shape index (κ3) is 1.59. The van der Waals surface area contributed by atoms with Gasteiger partial charge in [0.05, 0.1) is 7.11 Å². The molecule has 1 unspecified atom stereocenters. The summed E-state index contributed by atoms with van der Waals surface area (Å²) >= 11 is 3.20. The molecule has 1 aliphatic carbocycles. The molecular formula is C12H9BrF2O3. The number of carbonyl (C=O) groups is 2. The molecule has 0 radical (unpaired) electrons. The van der Waals surface area contributed by atoms with Gasteiger partial charge in [0.25, 0.3) is 6.43 Å². The second-order valence-corrected chi connectivity index (χ2v) is 4.89. The zero-order valence-electron chi connectivity index (χ0n) is 9.38. The first-order valence-electron chi connectivity index (χ1n) is 5.14. The van der Waals surface area contributed by atoms with Crippen molar-refractivity contribution < 1.29 is 23.1 Å². The van der Waals surface area contributed by atoms with Gasteiger partial charge >= 0.3 is 5.97 Å². The standard InChI is InChI=1S/C12H9BrF2O3/c1-18-11(17)12(10(14)15)5-7-6(9(12)16)3-2-4-8(7)13/h2-4,10H,5H2,1H3. The van der Waals surface area contributed by atoms with Crippen molar-refractivity contribution >= 4 is 27.7 Å². The van der Waals surface area contributed by atoms with E-state index in [0.717, 1.165) is 7.11 Å². The first-order valence-corrected chi connectivity index (χ1v) is 5.93. The Hall–Kier alpha value is -1.30. The van der Waals surface area contributed by atoms with E-state index in [1.807, 2.05) is 0 Å². The summed E-state index contributed by atoms with van der Waals surface area (Å²) in [6.07, 6.45) is -3.44. The molecule has 0 N–H and O–H groups in total. The molecule has 0 heterocycles. The van der Waals surface area contributed by atoms with E-state index in [2.05, 4.69) is 20.7 Å². The number of halogens is 3. The lowest BCUT2D eigenvalue weighted by Gasteiger charge is -2.22. The fourth-order valence-electron chi connectivity index (χ4n) is 2.16. The van der Waals surface area contributed by atoms with Gasteiger partial charge in [-0.3, -0.25) is 9.59 Å². The monoisotopic (exact) mass is 318 g/mol. The maximum Gasteiger partial charge on any atom is 0.326 e. The Balaban J connectivity index is 2.60. The second-order valence-electron chi connectivity index (χ2n) is 4.04. The van der Waals surface area contributed by atoms with Crippen LogP contribution in [-0.2, 0) is 16.0 Å². The summed E-state index contributed by atoms with van der Waals surface area (Å²) in [6, 6.07) is 4.65. The largest absolute Gasteiger partial charge is 0.468 e. The Labute approximate surface area is 110 Å². The topological polar surface area (TPSA) is 43.4 Å². The van der Waals surface area contributed by atoms with E-state index < -0.39 is 23.6 Å². The van der Waals surface area contributed by atoms with Crippen LogP contribution in [0.1, 0.15) is 15.9 Å². The number of methoxy groups -OCH3 is 1. The van der Waals surface area contributed by atoms with E-state index in [4.69, 9.17) is 0 Å². The first kappa shape index (κ1) is 13.1. The molecule has 0 amide bonds. The molecule has 1 atom stereocenters. The molecule has 0 saturated carbocycles. The molecule has 1 aromatic carbocycles. The van der Waals surface area contributed by atoms with Gasteiger partial charge in [-0.1, -0.05) is 28.1 Å². The molecule has 0 bridgehead atoms. The predicted molar refractivity (Wildman–Crippen MR) is 62.6 cm³/mol.